The molecule has 4 rings (SSSR count). The number of H-pyrrole nitrogens is 1. The van der Waals surface area contributed by atoms with E-state index in [0.29, 0.717) is 19.0 Å². The zero-order chi connectivity index (χ0) is 20.1. The number of hydrogen-bond donors (Lipinski definition) is 2. The van der Waals surface area contributed by atoms with Crippen LogP contribution in [0.2, 0.25) is 0 Å². The molecule has 2 aromatic carbocycles. The number of amides is 1. The number of rotatable bonds is 8. The van der Waals surface area contributed by atoms with Gasteiger partial charge < -0.3 is 5.32 Å². The lowest BCUT2D eigenvalue weighted by Crippen LogP contribution is -2.44. The zero-order valence-electron chi connectivity index (χ0n) is 17.1. The standard InChI is InChI=1S/C24H30N4O/c1-18(20-7-3-2-4-8-20)13-24(29)25-17-22(28-11-5-6-12-28)15-19-9-10-23-21(14-19)16-26-27-23/h2-4,7-10,14,16,18,22H,5-6,11-13,15,17H2,1H3,(H,25,29)(H,26,27)/t18-,22-/m0/s1. The second kappa shape index (κ2) is 9.23. The molecule has 0 radical (unpaired) electrons. The lowest BCUT2D eigenvalue weighted by molar-refractivity contribution is -0.121. The molecular weight excluding hydrogens is 360 g/mol. The van der Waals surface area contributed by atoms with E-state index in [0.717, 1.165) is 30.4 Å². The Labute approximate surface area is 172 Å². The van der Waals surface area contributed by atoms with Crippen LogP contribution in [-0.4, -0.2) is 46.7 Å². The predicted octanol–water partition coefficient (Wildman–Crippen LogP) is 3.88. The van der Waals surface area contributed by atoms with Crippen molar-refractivity contribution < 1.29 is 4.79 Å². The van der Waals surface area contributed by atoms with E-state index in [1.165, 1.54) is 24.0 Å². The molecule has 29 heavy (non-hydrogen) atoms. The summed E-state index contributed by atoms with van der Waals surface area (Å²) < 4.78 is 0. The first kappa shape index (κ1) is 19.6. The fraction of sp³-hybridized carbons (Fsp3) is 0.417. The van der Waals surface area contributed by atoms with Crippen molar-refractivity contribution in [3.8, 4) is 0 Å². The smallest absolute Gasteiger partial charge is 0.220 e. The molecule has 0 spiro atoms. The number of carbonyl (C=O) groups excluding carboxylic acids is 1. The van der Waals surface area contributed by atoms with Gasteiger partial charge in [-0.1, -0.05) is 43.3 Å². The molecule has 1 fully saturated rings. The lowest BCUT2D eigenvalue weighted by atomic mass is 9.97. The van der Waals surface area contributed by atoms with Gasteiger partial charge in [0.2, 0.25) is 5.91 Å². The molecule has 5 nitrogen and oxygen atoms in total. The minimum Gasteiger partial charge on any atom is -0.355 e. The minimum absolute atomic E-state index is 0.135. The van der Waals surface area contributed by atoms with Crippen LogP contribution >= 0.6 is 0 Å². The summed E-state index contributed by atoms with van der Waals surface area (Å²) in [6.45, 7) is 5.06. The van der Waals surface area contributed by atoms with Gasteiger partial charge >= 0.3 is 0 Å². The third kappa shape index (κ3) is 5.04. The SMILES string of the molecule is C[C@@H](CC(=O)NC[C@H](Cc1ccc2[nH]ncc2c1)N1CCCC1)c1ccccc1. The molecule has 2 N–H and O–H groups in total. The maximum atomic E-state index is 12.6. The van der Waals surface area contributed by atoms with Crippen LogP contribution in [0.4, 0.5) is 0 Å². The van der Waals surface area contributed by atoms with Crippen molar-refractivity contribution in [3.05, 3.63) is 65.9 Å². The second-order valence-electron chi connectivity index (χ2n) is 8.21. The van der Waals surface area contributed by atoms with Gasteiger partial charge in [-0.15, -0.1) is 0 Å². The van der Waals surface area contributed by atoms with Gasteiger partial charge in [0.25, 0.3) is 0 Å². The summed E-state index contributed by atoms with van der Waals surface area (Å²) in [6, 6.07) is 17.1. The van der Waals surface area contributed by atoms with Gasteiger partial charge in [-0.25, -0.2) is 0 Å². The van der Waals surface area contributed by atoms with Crippen molar-refractivity contribution in [3.63, 3.8) is 0 Å². The van der Waals surface area contributed by atoms with Crippen molar-refractivity contribution in [1.29, 1.82) is 0 Å². The normalized spacial score (nSPS) is 16.7. The Morgan fingerprint density at radius 1 is 1.17 bits per heavy atom. The molecule has 0 unspecified atom stereocenters. The Bertz CT molecular complexity index is 930. The van der Waals surface area contributed by atoms with E-state index >= 15 is 0 Å². The van der Waals surface area contributed by atoms with Crippen LogP contribution in [-0.2, 0) is 11.2 Å². The Hall–Kier alpha value is -2.66. The molecular formula is C24H30N4O. The van der Waals surface area contributed by atoms with Gasteiger partial charge in [0, 0.05) is 24.4 Å². The highest BCUT2D eigenvalue weighted by Gasteiger charge is 2.23. The third-order valence-electron chi connectivity index (χ3n) is 6.03. The number of carbonyl (C=O) groups is 1. The van der Waals surface area contributed by atoms with Gasteiger partial charge in [-0.05, 0) is 61.5 Å². The summed E-state index contributed by atoms with van der Waals surface area (Å²) in [6.07, 6.45) is 5.83. The van der Waals surface area contributed by atoms with E-state index in [2.05, 4.69) is 57.7 Å². The van der Waals surface area contributed by atoms with E-state index in [1.807, 2.05) is 24.4 Å². The number of nitrogens with one attached hydrogen (secondary N) is 2. The molecule has 3 aromatic rings. The highest BCUT2D eigenvalue weighted by atomic mass is 16.1. The van der Waals surface area contributed by atoms with Crippen LogP contribution in [0.15, 0.2) is 54.7 Å². The molecule has 1 aromatic heterocycles. The van der Waals surface area contributed by atoms with Gasteiger partial charge in [0.15, 0.2) is 0 Å². The van der Waals surface area contributed by atoms with Gasteiger partial charge in [0.1, 0.15) is 0 Å². The average Bonchev–Trinajstić information content (AvgIpc) is 3.43. The fourth-order valence-electron chi connectivity index (χ4n) is 4.31. The summed E-state index contributed by atoms with van der Waals surface area (Å²) in [4.78, 5) is 15.1. The Morgan fingerprint density at radius 2 is 1.97 bits per heavy atom. The molecule has 1 aliphatic rings. The summed E-state index contributed by atoms with van der Waals surface area (Å²) in [5.74, 6) is 0.362. The van der Waals surface area contributed by atoms with Gasteiger partial charge in [-0.2, -0.15) is 5.10 Å². The first-order valence-corrected chi connectivity index (χ1v) is 10.7. The summed E-state index contributed by atoms with van der Waals surface area (Å²) in [7, 11) is 0. The fourth-order valence-corrected chi connectivity index (χ4v) is 4.31. The van der Waals surface area contributed by atoms with Crippen LogP contribution in [0.25, 0.3) is 10.9 Å². The van der Waals surface area contributed by atoms with E-state index in [-0.39, 0.29) is 11.8 Å². The van der Waals surface area contributed by atoms with Crippen LogP contribution in [0.3, 0.4) is 0 Å². The number of nitrogens with zero attached hydrogens (tertiary/aromatic N) is 2. The molecule has 5 heteroatoms. The third-order valence-corrected chi connectivity index (χ3v) is 6.03. The minimum atomic E-state index is 0.135. The molecule has 1 saturated heterocycles. The van der Waals surface area contributed by atoms with E-state index in [4.69, 9.17) is 0 Å². The first-order chi connectivity index (χ1) is 14.2. The Morgan fingerprint density at radius 3 is 2.76 bits per heavy atom. The maximum Gasteiger partial charge on any atom is 0.220 e. The van der Waals surface area contributed by atoms with Crippen LogP contribution in [0.5, 0.6) is 0 Å². The van der Waals surface area contributed by atoms with Crippen LogP contribution in [0.1, 0.15) is 43.2 Å². The molecule has 0 bridgehead atoms. The monoisotopic (exact) mass is 390 g/mol. The molecule has 2 heterocycles. The summed E-state index contributed by atoms with van der Waals surface area (Å²) in [5, 5.41) is 11.5. The number of likely N-dealkylation sites (tertiary alicyclic amines) is 1. The van der Waals surface area contributed by atoms with Crippen molar-refractivity contribution in [2.75, 3.05) is 19.6 Å². The highest BCUT2D eigenvalue weighted by Crippen LogP contribution is 2.20. The number of aromatic amines is 1. The largest absolute Gasteiger partial charge is 0.355 e. The molecule has 152 valence electrons. The van der Waals surface area contributed by atoms with Crippen molar-refractivity contribution in [2.45, 2.75) is 44.6 Å². The highest BCUT2D eigenvalue weighted by molar-refractivity contribution is 5.78. The molecule has 1 aliphatic heterocycles. The van der Waals surface area contributed by atoms with E-state index in [9.17, 15) is 4.79 Å². The summed E-state index contributed by atoms with van der Waals surface area (Å²) in [5.41, 5.74) is 3.57. The average molecular weight is 391 g/mol. The number of hydrogen-bond acceptors (Lipinski definition) is 3. The topological polar surface area (TPSA) is 61.0 Å². The molecule has 1 amide bonds. The quantitative estimate of drug-likeness (QED) is 0.614. The zero-order valence-corrected chi connectivity index (χ0v) is 17.1. The number of aromatic nitrogens is 2. The first-order valence-electron chi connectivity index (χ1n) is 10.7. The number of fused-ring (bicyclic) bond motifs is 1. The van der Waals surface area contributed by atoms with Gasteiger partial charge in [0.05, 0.1) is 11.7 Å². The second-order valence-corrected chi connectivity index (χ2v) is 8.21. The van der Waals surface area contributed by atoms with Crippen LogP contribution in [0, 0.1) is 0 Å². The molecule has 0 saturated carbocycles. The Balaban J connectivity index is 1.37. The predicted molar refractivity (Wildman–Crippen MR) is 117 cm³/mol. The maximum absolute atomic E-state index is 12.6. The Kier molecular flexibility index (Phi) is 6.25. The van der Waals surface area contributed by atoms with Crippen LogP contribution < -0.4 is 5.32 Å². The molecule has 0 aliphatic carbocycles. The van der Waals surface area contributed by atoms with Crippen molar-refractivity contribution in [2.24, 2.45) is 0 Å². The van der Waals surface area contributed by atoms with E-state index in [1.54, 1.807) is 0 Å². The number of benzene rings is 2. The molecule has 2 atom stereocenters. The summed E-state index contributed by atoms with van der Waals surface area (Å²) >= 11 is 0. The van der Waals surface area contributed by atoms with Gasteiger partial charge in [-0.3, -0.25) is 14.8 Å². The lowest BCUT2D eigenvalue weighted by Gasteiger charge is -2.28. The van der Waals surface area contributed by atoms with E-state index < -0.39 is 0 Å². The van der Waals surface area contributed by atoms with Crippen molar-refractivity contribution in [1.82, 2.24) is 20.4 Å². The van der Waals surface area contributed by atoms with Crippen molar-refractivity contribution >= 4 is 16.8 Å².